The van der Waals surface area contributed by atoms with Crippen molar-refractivity contribution in [2.75, 3.05) is 0 Å². The smallest absolute Gasteiger partial charge is 0.320 e. The molecule has 0 bridgehead atoms. The minimum Gasteiger partial charge on any atom is -0.320 e. The Kier molecular flexibility index (Phi) is 7.04. The fourth-order valence-electron chi connectivity index (χ4n) is 7.06. The van der Waals surface area contributed by atoms with Crippen LogP contribution in [0.25, 0.3) is 80.6 Å². The minimum atomic E-state index is -4.74. The molecular weight excluding hydrogens is 660 g/mol. The monoisotopic (exact) mass is 677 g/mol. The molecule has 8 rings (SSSR count). The van der Waals surface area contributed by atoms with E-state index in [1.807, 2.05) is 0 Å². The minimum absolute atomic E-state index is 0.0294. The van der Waals surface area contributed by atoms with Gasteiger partial charge in [0.25, 0.3) is 0 Å². The van der Waals surface area contributed by atoms with Crippen molar-refractivity contribution in [3.63, 3.8) is 0 Å². The molecule has 0 saturated heterocycles. The first-order valence-electron chi connectivity index (χ1n) is 15.6. The van der Waals surface area contributed by atoms with E-state index in [2.05, 4.69) is 26.7 Å². The molecule has 242 valence electrons. The first kappa shape index (κ1) is 31.4. The molecule has 7 nitrogen and oxygen atoms in total. The van der Waals surface area contributed by atoms with E-state index in [0.717, 1.165) is 16.8 Å². The molecule has 6 aromatic carbocycles. The van der Waals surface area contributed by atoms with Crippen LogP contribution in [0.1, 0.15) is 16.7 Å². The molecule has 0 fully saturated rings. The summed E-state index contributed by atoms with van der Waals surface area (Å²) in [6.45, 7) is 24.1. The number of fused-ring (bicyclic) bond motifs is 6. The van der Waals surface area contributed by atoms with Gasteiger partial charge in [-0.25, -0.2) is 14.5 Å². The summed E-state index contributed by atoms with van der Waals surface area (Å²) >= 11 is 0. The van der Waals surface area contributed by atoms with E-state index in [1.54, 1.807) is 94.1 Å². The van der Waals surface area contributed by atoms with E-state index >= 15 is 0 Å². The van der Waals surface area contributed by atoms with Crippen LogP contribution in [-0.2, 0) is 6.18 Å². The van der Waals surface area contributed by atoms with E-state index < -0.39 is 11.7 Å². The third kappa shape index (κ3) is 4.63. The van der Waals surface area contributed by atoms with Gasteiger partial charge >= 0.3 is 6.18 Å². The summed E-state index contributed by atoms with van der Waals surface area (Å²) in [5, 5.41) is 22.6. The highest BCUT2D eigenvalue weighted by molar-refractivity contribution is 6.13. The van der Waals surface area contributed by atoms with E-state index in [1.165, 1.54) is 18.2 Å². The average Bonchev–Trinajstić information content (AvgIpc) is 3.67. The van der Waals surface area contributed by atoms with Crippen molar-refractivity contribution >= 4 is 60.7 Å². The Labute approximate surface area is 293 Å². The lowest BCUT2D eigenvalue weighted by atomic mass is 9.95. The Morgan fingerprint density at radius 3 is 1.56 bits per heavy atom. The second-order valence-electron chi connectivity index (χ2n) is 12.0. The number of halogens is 3. The molecule has 0 aliphatic heterocycles. The van der Waals surface area contributed by atoms with Gasteiger partial charge < -0.3 is 9.13 Å². The lowest BCUT2D eigenvalue weighted by Crippen LogP contribution is -2.09. The Morgan fingerprint density at radius 2 is 1.04 bits per heavy atom. The Bertz CT molecular complexity index is 2930. The van der Waals surface area contributed by atoms with Crippen LogP contribution < -0.4 is 0 Å². The average molecular weight is 678 g/mol. The zero-order chi connectivity index (χ0) is 36.3. The topological polar surface area (TPSA) is 70.5 Å². The first-order valence-corrected chi connectivity index (χ1v) is 15.6. The van der Waals surface area contributed by atoms with Gasteiger partial charge in [0.05, 0.1) is 71.0 Å². The Balaban J connectivity index is 1.63. The molecule has 0 spiro atoms. The van der Waals surface area contributed by atoms with E-state index in [4.69, 9.17) is 19.7 Å². The SMILES string of the molecule is [C-]#[N+]c1ccc2c3ccc(C#N)cc3n(-c3ccc(-c4ccccc4C(F)(F)F)c(-n4c5cc(C#N)ccc5c5ccc([N+]#[C-])cc54)c3[N+]#[C-])c2c1. The predicted octanol–water partition coefficient (Wildman–Crippen LogP) is 12.0. The van der Waals surface area contributed by atoms with Gasteiger partial charge in [-0.05, 0) is 59.7 Å². The van der Waals surface area contributed by atoms with Crippen molar-refractivity contribution in [2.24, 2.45) is 0 Å². The normalized spacial score (nSPS) is 11.3. The van der Waals surface area contributed by atoms with Crippen LogP contribution >= 0.6 is 0 Å². The van der Waals surface area contributed by atoms with Crippen LogP contribution in [0.3, 0.4) is 0 Å². The molecule has 0 aliphatic carbocycles. The molecule has 0 radical (unpaired) electrons. The van der Waals surface area contributed by atoms with Crippen LogP contribution in [-0.4, -0.2) is 9.13 Å². The molecule has 2 heterocycles. The third-order valence-electron chi connectivity index (χ3n) is 9.25. The highest BCUT2D eigenvalue weighted by atomic mass is 19.4. The molecule has 2 aromatic heterocycles. The lowest BCUT2D eigenvalue weighted by molar-refractivity contribution is -0.137. The number of nitrogens with zero attached hydrogens (tertiary/aromatic N) is 7. The number of nitriles is 2. The van der Waals surface area contributed by atoms with Gasteiger partial charge in [-0.2, -0.15) is 23.7 Å². The summed E-state index contributed by atoms with van der Waals surface area (Å²) < 4.78 is 47.5. The molecule has 52 heavy (non-hydrogen) atoms. The van der Waals surface area contributed by atoms with Crippen LogP contribution in [0.15, 0.2) is 109 Å². The standard InChI is InChI=1S/C42H18F3N7/c1-48-26-10-14-31-29-12-8-24(22-46)18-36(29)51(38(31)20-26)35-17-16-33(28-6-4-5-7-34(28)42(43,44)45)41(40(35)50-3)52-37-19-25(23-47)9-13-30(37)32-15-11-27(49-2)21-39(32)52/h4-21H. The second kappa shape index (κ2) is 11.6. The number of hydrogen-bond donors (Lipinski definition) is 0. The van der Waals surface area contributed by atoms with Crippen molar-refractivity contribution in [3.05, 3.63) is 160 Å². The highest BCUT2D eigenvalue weighted by Crippen LogP contribution is 2.48. The first-order chi connectivity index (χ1) is 25.2. The molecule has 0 saturated carbocycles. The van der Waals surface area contributed by atoms with Crippen LogP contribution in [0.4, 0.5) is 30.2 Å². The predicted molar refractivity (Wildman–Crippen MR) is 194 cm³/mol. The fraction of sp³-hybridized carbons (Fsp3) is 0.0238. The van der Waals surface area contributed by atoms with Gasteiger partial charge in [0.1, 0.15) is 0 Å². The van der Waals surface area contributed by atoms with Gasteiger partial charge in [-0.3, -0.25) is 0 Å². The van der Waals surface area contributed by atoms with Gasteiger partial charge in [0, 0.05) is 32.6 Å². The molecule has 10 heteroatoms. The number of hydrogen-bond acceptors (Lipinski definition) is 2. The van der Waals surface area contributed by atoms with Gasteiger partial charge in [0.2, 0.25) is 5.69 Å². The van der Waals surface area contributed by atoms with Crippen molar-refractivity contribution in [3.8, 4) is 34.6 Å². The van der Waals surface area contributed by atoms with Gasteiger partial charge in [-0.1, -0.05) is 60.7 Å². The summed E-state index contributed by atoms with van der Waals surface area (Å²) in [7, 11) is 0. The van der Waals surface area contributed by atoms with Crippen molar-refractivity contribution in [1.82, 2.24) is 9.13 Å². The number of rotatable bonds is 3. The fourth-order valence-corrected chi connectivity index (χ4v) is 7.06. The molecule has 0 N–H and O–H groups in total. The van der Waals surface area contributed by atoms with E-state index in [0.29, 0.717) is 49.8 Å². The van der Waals surface area contributed by atoms with Gasteiger partial charge in [-0.15, -0.1) is 0 Å². The second-order valence-corrected chi connectivity index (χ2v) is 12.0. The van der Waals surface area contributed by atoms with Crippen LogP contribution in [0.5, 0.6) is 0 Å². The van der Waals surface area contributed by atoms with Crippen LogP contribution in [0.2, 0.25) is 0 Å². The van der Waals surface area contributed by atoms with Crippen molar-refractivity contribution in [2.45, 2.75) is 6.18 Å². The van der Waals surface area contributed by atoms with Crippen molar-refractivity contribution < 1.29 is 13.2 Å². The number of aromatic nitrogens is 2. The van der Waals surface area contributed by atoms with Gasteiger partial charge in [0.15, 0.2) is 11.4 Å². The summed E-state index contributed by atoms with van der Waals surface area (Å²) in [6, 6.07) is 32.9. The quantitative estimate of drug-likeness (QED) is 0.175. The van der Waals surface area contributed by atoms with E-state index in [-0.39, 0.29) is 33.8 Å². The molecule has 0 unspecified atom stereocenters. The zero-order valence-electron chi connectivity index (χ0n) is 26.7. The Hall–Kier alpha value is -7.84. The summed E-state index contributed by atoms with van der Waals surface area (Å²) in [4.78, 5) is 11.3. The maximum absolute atomic E-state index is 14.7. The molecule has 0 atom stereocenters. The molecule has 0 aliphatic rings. The van der Waals surface area contributed by atoms with Crippen LogP contribution in [0, 0.1) is 42.4 Å². The zero-order valence-corrected chi connectivity index (χ0v) is 26.7. The molecule has 0 amide bonds. The van der Waals surface area contributed by atoms with E-state index in [9.17, 15) is 23.7 Å². The number of benzene rings is 6. The third-order valence-corrected chi connectivity index (χ3v) is 9.25. The largest absolute Gasteiger partial charge is 0.417 e. The maximum atomic E-state index is 14.7. The molecular formula is C42H18F3N7. The summed E-state index contributed by atoms with van der Waals surface area (Å²) in [5.74, 6) is 0. The summed E-state index contributed by atoms with van der Waals surface area (Å²) in [5.41, 5.74) is 2.65. The number of alkyl halides is 3. The highest BCUT2D eigenvalue weighted by Gasteiger charge is 2.35. The molecule has 8 aromatic rings. The lowest BCUT2D eigenvalue weighted by Gasteiger charge is -2.22. The maximum Gasteiger partial charge on any atom is 0.417 e. The summed E-state index contributed by atoms with van der Waals surface area (Å²) in [6.07, 6.45) is -4.74. The van der Waals surface area contributed by atoms with Crippen molar-refractivity contribution in [1.29, 1.82) is 10.5 Å². The Morgan fingerprint density at radius 1 is 0.538 bits per heavy atom.